The lowest BCUT2D eigenvalue weighted by molar-refractivity contribution is -0.0236. The molecule has 0 bridgehead atoms. The molecule has 1 aliphatic carbocycles. The highest BCUT2D eigenvalue weighted by molar-refractivity contribution is 6.33. The molecule has 4 atom stereocenters. The highest BCUT2D eigenvalue weighted by atomic mass is 35.5. The minimum Gasteiger partial charge on any atom is -0.486 e. The van der Waals surface area contributed by atoms with Crippen molar-refractivity contribution >= 4 is 17.5 Å². The molecule has 0 radical (unpaired) electrons. The highest BCUT2D eigenvalue weighted by Gasteiger charge is 2.44. The summed E-state index contributed by atoms with van der Waals surface area (Å²) in [4.78, 5) is 19.0. The van der Waals surface area contributed by atoms with Gasteiger partial charge in [0.15, 0.2) is 0 Å². The number of aliphatic hydroxyl groups is 1. The van der Waals surface area contributed by atoms with Gasteiger partial charge in [-0.25, -0.2) is 4.39 Å². The van der Waals surface area contributed by atoms with Crippen molar-refractivity contribution in [1.29, 1.82) is 0 Å². The lowest BCUT2D eigenvalue weighted by Crippen LogP contribution is -2.42. The molecule has 1 saturated heterocycles. The summed E-state index contributed by atoms with van der Waals surface area (Å²) in [5, 5.41) is 10.7. The Morgan fingerprint density at radius 2 is 1.93 bits per heavy atom. The molecule has 154 valence electrons. The van der Waals surface area contributed by atoms with Crippen LogP contribution in [0.15, 0.2) is 30.3 Å². The van der Waals surface area contributed by atoms with Gasteiger partial charge in [0.1, 0.15) is 17.7 Å². The lowest BCUT2D eigenvalue weighted by Gasteiger charge is -2.35. The third kappa shape index (κ3) is 4.09. The molecule has 1 aliphatic heterocycles. The standard InChI is InChI=1S/C22H24ClFN2O3/c1-12-3-6-20(13(2)25-12)29-21-8-15-11-26(10-14(15)7-19(21)27)22(28)17-5-4-16(24)9-18(17)23/h3-6,9,14-15,19,21,27H,7-8,10-11H2,1-2H3/t14-,15+,19+,21+/m0/s1. The number of halogens is 2. The van der Waals surface area contributed by atoms with E-state index < -0.39 is 11.9 Å². The Hall–Kier alpha value is -2.18. The molecule has 7 heteroatoms. The van der Waals surface area contributed by atoms with Crippen molar-refractivity contribution in [3.05, 3.63) is 58.1 Å². The van der Waals surface area contributed by atoms with Gasteiger partial charge in [-0.15, -0.1) is 0 Å². The molecule has 2 aromatic rings. The van der Waals surface area contributed by atoms with Crippen LogP contribution in [0.25, 0.3) is 0 Å². The summed E-state index contributed by atoms with van der Waals surface area (Å²) in [7, 11) is 0. The fraction of sp³-hybridized carbons (Fsp3) is 0.455. The third-order valence-corrected chi connectivity index (χ3v) is 6.30. The SMILES string of the molecule is Cc1ccc(O[C@@H]2C[C@@H]3CN(C(=O)c4ccc(F)cc4Cl)C[C@@H]3C[C@H]2O)c(C)n1. The Bertz CT molecular complexity index is 938. The van der Waals surface area contributed by atoms with Crippen LogP contribution in [0.5, 0.6) is 5.75 Å². The second kappa shape index (κ2) is 7.92. The van der Waals surface area contributed by atoms with E-state index in [1.165, 1.54) is 12.1 Å². The van der Waals surface area contributed by atoms with E-state index in [1.54, 1.807) is 4.90 Å². The highest BCUT2D eigenvalue weighted by Crippen LogP contribution is 2.39. The number of fused-ring (bicyclic) bond motifs is 1. The number of aromatic nitrogens is 1. The van der Waals surface area contributed by atoms with Crippen molar-refractivity contribution in [2.75, 3.05) is 13.1 Å². The first-order valence-electron chi connectivity index (χ1n) is 9.85. The Kier molecular flexibility index (Phi) is 5.49. The van der Waals surface area contributed by atoms with E-state index in [0.717, 1.165) is 17.5 Å². The zero-order chi connectivity index (χ0) is 20.7. The van der Waals surface area contributed by atoms with Gasteiger partial charge in [0.05, 0.1) is 22.4 Å². The fourth-order valence-electron chi connectivity index (χ4n) is 4.48. The van der Waals surface area contributed by atoms with Gasteiger partial charge in [0, 0.05) is 18.8 Å². The van der Waals surface area contributed by atoms with E-state index in [1.807, 2.05) is 26.0 Å². The molecule has 1 N–H and O–H groups in total. The molecular formula is C22H24ClFN2O3. The Balaban J connectivity index is 1.45. The van der Waals surface area contributed by atoms with Crippen LogP contribution in [-0.4, -0.2) is 46.2 Å². The predicted molar refractivity (Wildman–Crippen MR) is 108 cm³/mol. The van der Waals surface area contributed by atoms with Gasteiger partial charge in [-0.3, -0.25) is 9.78 Å². The number of benzene rings is 1. The topological polar surface area (TPSA) is 62.7 Å². The van der Waals surface area contributed by atoms with E-state index in [9.17, 15) is 14.3 Å². The molecule has 1 saturated carbocycles. The van der Waals surface area contributed by atoms with Crippen molar-refractivity contribution < 1.29 is 19.0 Å². The lowest BCUT2D eigenvalue weighted by atomic mass is 9.78. The number of hydrogen-bond acceptors (Lipinski definition) is 4. The second-order valence-electron chi connectivity index (χ2n) is 8.09. The van der Waals surface area contributed by atoms with Crippen molar-refractivity contribution in [1.82, 2.24) is 9.88 Å². The third-order valence-electron chi connectivity index (χ3n) is 5.99. The number of aliphatic hydroxyl groups excluding tert-OH is 1. The zero-order valence-electron chi connectivity index (χ0n) is 16.4. The molecule has 2 aliphatic rings. The number of carbonyl (C=O) groups excluding carboxylic acids is 1. The predicted octanol–water partition coefficient (Wildman–Crippen LogP) is 3.78. The largest absolute Gasteiger partial charge is 0.486 e. The number of pyridine rings is 1. The van der Waals surface area contributed by atoms with Crippen molar-refractivity contribution in [3.8, 4) is 5.75 Å². The van der Waals surface area contributed by atoms with E-state index in [2.05, 4.69) is 4.98 Å². The summed E-state index contributed by atoms with van der Waals surface area (Å²) >= 11 is 6.06. The quantitative estimate of drug-likeness (QED) is 0.823. The van der Waals surface area contributed by atoms with E-state index in [4.69, 9.17) is 16.3 Å². The van der Waals surface area contributed by atoms with Crippen LogP contribution in [0, 0.1) is 31.5 Å². The molecule has 5 nitrogen and oxygen atoms in total. The maximum absolute atomic E-state index is 13.3. The van der Waals surface area contributed by atoms with E-state index in [0.29, 0.717) is 37.2 Å². The Labute approximate surface area is 174 Å². The van der Waals surface area contributed by atoms with Gasteiger partial charge >= 0.3 is 0 Å². The van der Waals surface area contributed by atoms with Gasteiger partial charge in [-0.1, -0.05) is 11.6 Å². The molecule has 2 fully saturated rings. The number of amides is 1. The average Bonchev–Trinajstić information content (AvgIpc) is 3.06. The maximum atomic E-state index is 13.3. The Morgan fingerprint density at radius 3 is 2.62 bits per heavy atom. The van der Waals surface area contributed by atoms with Gasteiger partial charge in [0.25, 0.3) is 5.91 Å². The van der Waals surface area contributed by atoms with E-state index >= 15 is 0 Å². The van der Waals surface area contributed by atoms with Crippen LogP contribution in [0.2, 0.25) is 5.02 Å². The summed E-state index contributed by atoms with van der Waals surface area (Å²) < 4.78 is 19.4. The van der Waals surface area contributed by atoms with E-state index in [-0.39, 0.29) is 28.9 Å². The van der Waals surface area contributed by atoms with Crippen LogP contribution in [0.1, 0.15) is 34.6 Å². The van der Waals surface area contributed by atoms with Gasteiger partial charge < -0.3 is 14.7 Å². The first kappa shape index (κ1) is 20.1. The summed E-state index contributed by atoms with van der Waals surface area (Å²) in [6.07, 6.45) is 0.319. The average molecular weight is 419 g/mol. The first-order valence-corrected chi connectivity index (χ1v) is 10.2. The normalized spacial score (nSPS) is 26.3. The molecule has 1 aromatic heterocycles. The van der Waals surface area contributed by atoms with Gasteiger partial charge in [-0.2, -0.15) is 0 Å². The zero-order valence-corrected chi connectivity index (χ0v) is 17.2. The summed E-state index contributed by atoms with van der Waals surface area (Å²) in [5.74, 6) is 0.471. The molecule has 2 heterocycles. The number of aryl methyl sites for hydroxylation is 2. The number of nitrogens with zero attached hydrogens (tertiary/aromatic N) is 2. The van der Waals surface area contributed by atoms with Crippen LogP contribution >= 0.6 is 11.6 Å². The molecule has 1 amide bonds. The molecule has 29 heavy (non-hydrogen) atoms. The van der Waals surface area contributed by atoms with Crippen LogP contribution < -0.4 is 4.74 Å². The number of hydrogen-bond donors (Lipinski definition) is 1. The van der Waals surface area contributed by atoms with Crippen LogP contribution in [0.4, 0.5) is 4.39 Å². The number of rotatable bonds is 3. The molecule has 1 aromatic carbocycles. The second-order valence-corrected chi connectivity index (χ2v) is 8.49. The smallest absolute Gasteiger partial charge is 0.255 e. The minimum atomic E-state index is -0.596. The van der Waals surface area contributed by atoms with Gasteiger partial charge in [0.2, 0.25) is 0 Å². The molecule has 0 spiro atoms. The number of likely N-dealkylation sites (tertiary alicyclic amines) is 1. The van der Waals surface area contributed by atoms with Crippen molar-refractivity contribution in [3.63, 3.8) is 0 Å². The van der Waals surface area contributed by atoms with Crippen molar-refractivity contribution in [2.45, 2.75) is 38.9 Å². The summed E-state index contributed by atoms with van der Waals surface area (Å²) in [5.41, 5.74) is 2.03. The molecular weight excluding hydrogens is 395 g/mol. The maximum Gasteiger partial charge on any atom is 0.255 e. The van der Waals surface area contributed by atoms with Gasteiger partial charge in [-0.05, 0) is 68.9 Å². The number of carbonyl (C=O) groups is 1. The number of ether oxygens (including phenoxy) is 1. The Morgan fingerprint density at radius 1 is 1.21 bits per heavy atom. The van der Waals surface area contributed by atoms with Crippen molar-refractivity contribution in [2.24, 2.45) is 11.8 Å². The minimum absolute atomic E-state index is 0.119. The monoisotopic (exact) mass is 418 g/mol. The van der Waals surface area contributed by atoms with Crippen LogP contribution in [-0.2, 0) is 0 Å². The summed E-state index contributed by atoms with van der Waals surface area (Å²) in [6, 6.07) is 7.60. The first-order chi connectivity index (χ1) is 13.8. The molecule has 0 unspecified atom stereocenters. The van der Waals surface area contributed by atoms with Crippen LogP contribution in [0.3, 0.4) is 0 Å². The summed E-state index contributed by atoms with van der Waals surface area (Å²) in [6.45, 7) is 4.96. The fourth-order valence-corrected chi connectivity index (χ4v) is 4.73. The molecule has 4 rings (SSSR count).